The van der Waals surface area contributed by atoms with E-state index in [1.165, 1.54) is 24.3 Å². The molecule has 0 aliphatic rings. The van der Waals surface area contributed by atoms with Crippen LogP contribution in [0.1, 0.15) is 17.5 Å². The fourth-order valence-corrected chi connectivity index (χ4v) is 4.41. The summed E-state index contributed by atoms with van der Waals surface area (Å²) in [5.41, 5.74) is 2.74. The highest BCUT2D eigenvalue weighted by molar-refractivity contribution is 7.92. The summed E-state index contributed by atoms with van der Waals surface area (Å²) in [6.45, 7) is 1.93. The minimum atomic E-state index is -3.69. The summed E-state index contributed by atoms with van der Waals surface area (Å²) in [5, 5.41) is 3.58. The lowest BCUT2D eigenvalue weighted by molar-refractivity contribution is -0.116. The van der Waals surface area contributed by atoms with Gasteiger partial charge in [0, 0.05) is 12.1 Å². The Morgan fingerprint density at radius 3 is 2.13 bits per heavy atom. The van der Waals surface area contributed by atoms with Crippen LogP contribution in [0.3, 0.4) is 0 Å². The van der Waals surface area contributed by atoms with Crippen molar-refractivity contribution in [2.24, 2.45) is 0 Å². The summed E-state index contributed by atoms with van der Waals surface area (Å²) in [7, 11) is -3.69. The Hall–Kier alpha value is -2.25. The molecule has 0 atom stereocenters. The molecule has 1 amide bonds. The van der Waals surface area contributed by atoms with Crippen LogP contribution in [0.2, 0.25) is 15.1 Å². The summed E-state index contributed by atoms with van der Waals surface area (Å²) in [5.74, 6) is -0.252. The highest BCUT2D eigenvalue weighted by Gasteiger charge is 2.14. The van der Waals surface area contributed by atoms with Crippen molar-refractivity contribution in [1.29, 1.82) is 0 Å². The number of nitrogens with one attached hydrogen (secondary N) is 2. The highest BCUT2D eigenvalue weighted by Crippen LogP contribution is 2.32. The Kier molecular flexibility index (Phi) is 7.49. The van der Waals surface area contributed by atoms with E-state index in [4.69, 9.17) is 34.8 Å². The van der Waals surface area contributed by atoms with E-state index in [-0.39, 0.29) is 22.2 Å². The fourth-order valence-electron chi connectivity index (χ4n) is 2.76. The Balaban J connectivity index is 1.59. The number of anilines is 2. The van der Waals surface area contributed by atoms with Gasteiger partial charge in [0.1, 0.15) is 0 Å². The van der Waals surface area contributed by atoms with Crippen LogP contribution < -0.4 is 10.0 Å². The van der Waals surface area contributed by atoms with E-state index >= 15 is 0 Å². The van der Waals surface area contributed by atoms with E-state index in [0.717, 1.165) is 11.1 Å². The average Bonchev–Trinajstić information content (AvgIpc) is 2.72. The molecule has 0 fully saturated rings. The Morgan fingerprint density at radius 2 is 1.48 bits per heavy atom. The number of hydrogen-bond donors (Lipinski definition) is 2. The second kappa shape index (κ2) is 9.92. The molecule has 0 aliphatic carbocycles. The molecule has 0 bridgehead atoms. The summed E-state index contributed by atoms with van der Waals surface area (Å²) in [4.78, 5) is 12.4. The van der Waals surface area contributed by atoms with Gasteiger partial charge >= 0.3 is 0 Å². The van der Waals surface area contributed by atoms with Crippen molar-refractivity contribution in [3.05, 3.63) is 86.9 Å². The first-order valence-electron chi connectivity index (χ1n) is 9.27. The van der Waals surface area contributed by atoms with Crippen molar-refractivity contribution in [2.75, 3.05) is 10.0 Å². The number of sulfonamides is 1. The zero-order chi connectivity index (χ0) is 22.6. The monoisotopic (exact) mass is 496 g/mol. The molecule has 0 heterocycles. The van der Waals surface area contributed by atoms with Gasteiger partial charge in [0.25, 0.3) is 10.0 Å². The van der Waals surface area contributed by atoms with Gasteiger partial charge in [-0.2, -0.15) is 0 Å². The summed E-state index contributed by atoms with van der Waals surface area (Å²) >= 11 is 17.9. The van der Waals surface area contributed by atoms with Gasteiger partial charge in [-0.15, -0.1) is 0 Å². The van der Waals surface area contributed by atoms with Crippen LogP contribution >= 0.6 is 34.8 Å². The molecule has 2 N–H and O–H groups in total. The molecule has 5 nitrogen and oxygen atoms in total. The largest absolute Gasteiger partial charge is 0.325 e. The van der Waals surface area contributed by atoms with Gasteiger partial charge < -0.3 is 5.32 Å². The smallest absolute Gasteiger partial charge is 0.261 e. The molecular formula is C22H19Cl3N2O3S. The van der Waals surface area contributed by atoms with Gasteiger partial charge in [0.05, 0.1) is 25.7 Å². The molecule has 0 saturated carbocycles. The van der Waals surface area contributed by atoms with Gasteiger partial charge in [-0.3, -0.25) is 9.52 Å². The third-order valence-corrected chi connectivity index (χ3v) is 6.89. The lowest BCUT2D eigenvalue weighted by Gasteiger charge is -2.10. The number of aryl methyl sites for hydroxylation is 2. The van der Waals surface area contributed by atoms with Crippen LogP contribution in [0.5, 0.6) is 0 Å². The topological polar surface area (TPSA) is 75.3 Å². The number of amides is 1. The van der Waals surface area contributed by atoms with E-state index in [2.05, 4.69) is 10.0 Å². The molecule has 0 aliphatic heterocycles. The van der Waals surface area contributed by atoms with E-state index in [1.54, 1.807) is 24.3 Å². The lowest BCUT2D eigenvalue weighted by Crippen LogP contribution is -2.14. The number of rotatable bonds is 7. The molecule has 0 radical (unpaired) electrons. The highest BCUT2D eigenvalue weighted by atomic mass is 35.5. The number of carbonyl (C=O) groups is 1. The summed E-state index contributed by atoms with van der Waals surface area (Å²) < 4.78 is 27.6. The number of halogens is 3. The van der Waals surface area contributed by atoms with Crippen LogP contribution in [0.4, 0.5) is 11.4 Å². The van der Waals surface area contributed by atoms with Crippen molar-refractivity contribution >= 4 is 62.1 Å². The molecule has 3 aromatic carbocycles. The van der Waals surface area contributed by atoms with Gasteiger partial charge in [-0.05, 0) is 55.3 Å². The second-order valence-corrected chi connectivity index (χ2v) is 9.81. The van der Waals surface area contributed by atoms with Crippen LogP contribution in [0.15, 0.2) is 65.6 Å². The third kappa shape index (κ3) is 6.37. The normalized spacial score (nSPS) is 11.2. The molecular weight excluding hydrogens is 479 g/mol. The van der Waals surface area contributed by atoms with Crippen molar-refractivity contribution in [3.8, 4) is 0 Å². The standard InChI is InChI=1S/C22H19Cl3N2O3S/c1-14-2-7-16(8-3-14)27-31(29,30)17-9-4-15(5-10-17)6-11-22(28)26-21-13-19(24)18(23)12-20(21)25/h2-5,7-10,12-13,27H,6,11H2,1H3,(H,26,28). The Labute approximate surface area is 196 Å². The zero-order valence-electron chi connectivity index (χ0n) is 16.5. The first-order chi connectivity index (χ1) is 14.6. The van der Waals surface area contributed by atoms with Gasteiger partial charge in [0.15, 0.2) is 0 Å². The Bertz CT molecular complexity index is 1200. The first kappa shape index (κ1) is 23.4. The zero-order valence-corrected chi connectivity index (χ0v) is 19.5. The molecule has 162 valence electrons. The van der Waals surface area contributed by atoms with Crippen molar-refractivity contribution in [3.63, 3.8) is 0 Å². The van der Waals surface area contributed by atoms with E-state index in [1.807, 2.05) is 19.1 Å². The SMILES string of the molecule is Cc1ccc(NS(=O)(=O)c2ccc(CCC(=O)Nc3cc(Cl)c(Cl)cc3Cl)cc2)cc1. The van der Waals surface area contributed by atoms with Gasteiger partial charge in [-0.25, -0.2) is 8.42 Å². The predicted octanol–water partition coefficient (Wildman–Crippen LogP) is 6.33. The van der Waals surface area contributed by atoms with Crippen molar-refractivity contribution in [1.82, 2.24) is 0 Å². The van der Waals surface area contributed by atoms with Crippen molar-refractivity contribution < 1.29 is 13.2 Å². The molecule has 9 heteroatoms. The number of hydrogen-bond acceptors (Lipinski definition) is 3. The minimum Gasteiger partial charge on any atom is -0.325 e. The number of benzene rings is 3. The molecule has 0 saturated heterocycles. The Morgan fingerprint density at radius 1 is 0.871 bits per heavy atom. The summed E-state index contributed by atoms with van der Waals surface area (Å²) in [6, 6.07) is 16.4. The van der Waals surface area contributed by atoms with Crippen LogP contribution in [-0.4, -0.2) is 14.3 Å². The second-order valence-electron chi connectivity index (χ2n) is 6.91. The molecule has 0 unspecified atom stereocenters. The summed E-state index contributed by atoms with van der Waals surface area (Å²) in [6.07, 6.45) is 0.612. The molecule has 0 spiro atoms. The maximum atomic E-state index is 12.5. The predicted molar refractivity (Wildman–Crippen MR) is 127 cm³/mol. The molecule has 31 heavy (non-hydrogen) atoms. The number of carbonyl (C=O) groups excluding carboxylic acids is 1. The van der Waals surface area contributed by atoms with Gasteiger partial charge in [0.2, 0.25) is 5.91 Å². The van der Waals surface area contributed by atoms with E-state index < -0.39 is 10.0 Å². The molecule has 3 aromatic rings. The molecule has 3 rings (SSSR count). The van der Waals surface area contributed by atoms with E-state index in [0.29, 0.717) is 27.8 Å². The quantitative estimate of drug-likeness (QED) is 0.375. The van der Waals surface area contributed by atoms with E-state index in [9.17, 15) is 13.2 Å². The lowest BCUT2D eigenvalue weighted by atomic mass is 10.1. The van der Waals surface area contributed by atoms with Crippen LogP contribution in [-0.2, 0) is 21.2 Å². The molecule has 0 aromatic heterocycles. The van der Waals surface area contributed by atoms with Crippen LogP contribution in [0, 0.1) is 6.92 Å². The third-order valence-electron chi connectivity index (χ3n) is 4.46. The van der Waals surface area contributed by atoms with Crippen molar-refractivity contribution in [2.45, 2.75) is 24.7 Å². The average molecular weight is 498 g/mol. The van der Waals surface area contributed by atoms with Crippen LogP contribution in [0.25, 0.3) is 0 Å². The minimum absolute atomic E-state index is 0.142. The fraction of sp³-hybridized carbons (Fsp3) is 0.136. The van der Waals surface area contributed by atoms with Gasteiger partial charge in [-0.1, -0.05) is 64.6 Å². The maximum absolute atomic E-state index is 12.5. The first-order valence-corrected chi connectivity index (χ1v) is 11.9. The maximum Gasteiger partial charge on any atom is 0.261 e.